The number of para-hydroxylation sites is 4. The van der Waals surface area contributed by atoms with E-state index in [9.17, 15) is 0 Å². The zero-order valence-corrected chi connectivity index (χ0v) is 29.5. The van der Waals surface area contributed by atoms with E-state index in [1.807, 2.05) is 25.2 Å². The van der Waals surface area contributed by atoms with Gasteiger partial charge in [-0.15, -0.1) is 11.3 Å². The van der Waals surface area contributed by atoms with Crippen LogP contribution in [0.4, 0.5) is 0 Å². The number of hydrogen-bond acceptors (Lipinski definition) is 2. The summed E-state index contributed by atoms with van der Waals surface area (Å²) < 4.78 is 7.41. The van der Waals surface area contributed by atoms with Crippen LogP contribution in [0.5, 0.6) is 0 Å². The summed E-state index contributed by atoms with van der Waals surface area (Å²) in [4.78, 5) is 0. The fraction of sp³-hybridized carbons (Fsp3) is 0.0667. The van der Waals surface area contributed by atoms with Crippen LogP contribution >= 0.6 is 24.0 Å². The molecule has 0 aliphatic rings. The van der Waals surface area contributed by atoms with Gasteiger partial charge in [-0.05, 0) is 90.2 Å². The first-order valence-corrected chi connectivity index (χ1v) is 18.5. The summed E-state index contributed by atoms with van der Waals surface area (Å²) >= 11 is 5.40. The Labute approximate surface area is 295 Å². The molecule has 0 atom stereocenters. The van der Waals surface area contributed by atoms with Gasteiger partial charge in [-0.1, -0.05) is 98.8 Å². The Bertz CT molecular complexity index is 2710. The first-order valence-electron chi connectivity index (χ1n) is 16.8. The zero-order chi connectivity index (χ0) is 33.5. The maximum Gasteiger partial charge on any atom is 0.0541 e. The standard InChI is InChI=1S/C42H26N2S.C2H6.CH4S/c1-2-10-29(11-3-1)43-39-17-9-6-14-33(39)34-24-27(18-21-40(34)43)28-19-22-41-35(25-28)36-26-30(20-23-42(36)45-41)44-37-15-7-4-12-31(37)32-13-5-8-16-38(32)44;2*1-2/h1-26H;1-2H3;2H,1H3. The summed E-state index contributed by atoms with van der Waals surface area (Å²) in [5, 5.41) is 7.73. The largest absolute Gasteiger partial charge is 0.309 e. The van der Waals surface area contributed by atoms with Crippen molar-refractivity contribution in [2.24, 2.45) is 0 Å². The monoisotopic (exact) mass is 668 g/mol. The van der Waals surface area contributed by atoms with E-state index in [1.165, 1.54) is 86.3 Å². The average Bonchev–Trinajstić information content (AvgIpc) is 3.83. The van der Waals surface area contributed by atoms with E-state index in [-0.39, 0.29) is 0 Å². The molecule has 3 aromatic heterocycles. The second-order valence-electron chi connectivity index (χ2n) is 11.8. The number of thiophene rings is 1. The van der Waals surface area contributed by atoms with Crippen LogP contribution in [0.1, 0.15) is 13.8 Å². The van der Waals surface area contributed by atoms with E-state index >= 15 is 0 Å². The van der Waals surface area contributed by atoms with Crippen molar-refractivity contribution in [1.29, 1.82) is 0 Å². The molecule has 0 radical (unpaired) electrons. The average molecular weight is 669 g/mol. The van der Waals surface area contributed by atoms with Crippen molar-refractivity contribution >= 4 is 87.7 Å². The van der Waals surface area contributed by atoms with Gasteiger partial charge in [-0.2, -0.15) is 12.6 Å². The number of benzene rings is 7. The summed E-state index contributed by atoms with van der Waals surface area (Å²) in [6.45, 7) is 4.00. The minimum absolute atomic E-state index is 1.18. The maximum absolute atomic E-state index is 3.53. The third-order valence-corrected chi connectivity index (χ3v) is 10.5. The van der Waals surface area contributed by atoms with Gasteiger partial charge in [0.2, 0.25) is 0 Å². The van der Waals surface area contributed by atoms with E-state index in [0.717, 1.165) is 0 Å². The Balaban J connectivity index is 0.000000843. The Morgan fingerprint density at radius 1 is 0.367 bits per heavy atom. The molecular weight excluding hydrogens is 633 g/mol. The Kier molecular flexibility index (Phi) is 8.20. The molecule has 0 bridgehead atoms. The van der Waals surface area contributed by atoms with Crippen LogP contribution in [0.3, 0.4) is 0 Å². The summed E-state index contributed by atoms with van der Waals surface area (Å²) in [5.41, 5.74) is 9.78. The lowest BCUT2D eigenvalue weighted by atomic mass is 10.0. The molecule has 0 N–H and O–H groups in total. The van der Waals surface area contributed by atoms with Crippen molar-refractivity contribution in [3.8, 4) is 22.5 Å². The van der Waals surface area contributed by atoms with Crippen molar-refractivity contribution in [2.75, 3.05) is 6.26 Å². The van der Waals surface area contributed by atoms with Crippen molar-refractivity contribution in [1.82, 2.24) is 9.13 Å². The third kappa shape index (κ3) is 5.02. The molecule has 2 nitrogen and oxygen atoms in total. The Morgan fingerprint density at radius 2 is 0.796 bits per heavy atom. The SMILES string of the molecule is CC.CS.c1ccc(-n2c3ccccc3c3cc(-c4ccc5sc6ccc(-n7c8ccccc8c8ccccc87)cc6c5c4)ccc32)cc1. The smallest absolute Gasteiger partial charge is 0.0541 e. The van der Waals surface area contributed by atoms with Crippen molar-refractivity contribution < 1.29 is 0 Å². The van der Waals surface area contributed by atoms with Crippen LogP contribution in [0.15, 0.2) is 158 Å². The zero-order valence-electron chi connectivity index (χ0n) is 27.8. The lowest BCUT2D eigenvalue weighted by molar-refractivity contribution is 1.18. The molecule has 0 aliphatic carbocycles. The van der Waals surface area contributed by atoms with Gasteiger partial charge in [0.25, 0.3) is 0 Å². The molecule has 0 spiro atoms. The number of rotatable bonds is 3. The molecule has 0 fully saturated rings. The molecule has 238 valence electrons. The van der Waals surface area contributed by atoms with Gasteiger partial charge in [0, 0.05) is 53.1 Å². The molecular formula is C45H36N2S2. The summed E-state index contributed by atoms with van der Waals surface area (Å²) in [6, 6.07) is 57.7. The molecule has 4 heteroatoms. The third-order valence-electron chi connectivity index (χ3n) is 9.31. The summed E-state index contributed by atoms with van der Waals surface area (Å²) in [5.74, 6) is 0. The molecule has 10 rings (SSSR count). The van der Waals surface area contributed by atoms with Crippen LogP contribution < -0.4 is 0 Å². The highest BCUT2D eigenvalue weighted by Gasteiger charge is 2.16. The second kappa shape index (κ2) is 13.0. The molecule has 0 amide bonds. The summed E-state index contributed by atoms with van der Waals surface area (Å²) in [7, 11) is 0. The van der Waals surface area contributed by atoms with Crippen LogP contribution in [0.2, 0.25) is 0 Å². The van der Waals surface area contributed by atoms with Crippen LogP contribution in [0, 0.1) is 0 Å². The van der Waals surface area contributed by atoms with E-state index in [2.05, 4.69) is 179 Å². The highest BCUT2D eigenvalue weighted by atomic mass is 32.1. The van der Waals surface area contributed by atoms with Crippen LogP contribution in [-0.2, 0) is 0 Å². The van der Waals surface area contributed by atoms with E-state index < -0.39 is 0 Å². The predicted octanol–water partition coefficient (Wildman–Crippen LogP) is 13.5. The number of fused-ring (bicyclic) bond motifs is 9. The molecule has 0 saturated heterocycles. The van der Waals surface area contributed by atoms with Crippen molar-refractivity contribution in [3.63, 3.8) is 0 Å². The minimum atomic E-state index is 1.18. The topological polar surface area (TPSA) is 9.86 Å². The Morgan fingerprint density at radius 3 is 1.41 bits per heavy atom. The lowest BCUT2D eigenvalue weighted by Gasteiger charge is -2.09. The van der Waals surface area contributed by atoms with Crippen LogP contribution in [-0.4, -0.2) is 15.4 Å². The van der Waals surface area contributed by atoms with Gasteiger partial charge < -0.3 is 9.13 Å². The Hall–Kier alpha value is -5.29. The van der Waals surface area contributed by atoms with Crippen LogP contribution in [0.25, 0.3) is 86.3 Å². The molecule has 10 aromatic rings. The molecule has 0 aliphatic heterocycles. The maximum atomic E-state index is 3.53. The lowest BCUT2D eigenvalue weighted by Crippen LogP contribution is -1.93. The highest BCUT2D eigenvalue weighted by molar-refractivity contribution is 7.79. The normalized spacial score (nSPS) is 11.3. The minimum Gasteiger partial charge on any atom is -0.309 e. The predicted molar refractivity (Wildman–Crippen MR) is 220 cm³/mol. The van der Waals surface area contributed by atoms with Gasteiger partial charge >= 0.3 is 0 Å². The van der Waals surface area contributed by atoms with Gasteiger partial charge in [0.05, 0.1) is 22.1 Å². The highest BCUT2D eigenvalue weighted by Crippen LogP contribution is 2.40. The first kappa shape index (κ1) is 31.0. The van der Waals surface area contributed by atoms with Crippen molar-refractivity contribution in [3.05, 3.63) is 158 Å². The van der Waals surface area contributed by atoms with Crippen molar-refractivity contribution in [2.45, 2.75) is 13.8 Å². The molecule has 3 heterocycles. The quantitative estimate of drug-likeness (QED) is 0.180. The first-order chi connectivity index (χ1) is 24.3. The number of aromatic nitrogens is 2. The van der Waals surface area contributed by atoms with E-state index in [1.54, 1.807) is 6.26 Å². The van der Waals surface area contributed by atoms with Gasteiger partial charge in [-0.3, -0.25) is 0 Å². The number of nitrogens with zero attached hydrogens (tertiary/aromatic N) is 2. The molecule has 7 aromatic carbocycles. The van der Waals surface area contributed by atoms with Gasteiger partial charge in [0.15, 0.2) is 0 Å². The van der Waals surface area contributed by atoms with Gasteiger partial charge in [-0.25, -0.2) is 0 Å². The summed E-state index contributed by atoms with van der Waals surface area (Å²) in [6.07, 6.45) is 1.69. The van der Waals surface area contributed by atoms with E-state index in [4.69, 9.17) is 0 Å². The van der Waals surface area contributed by atoms with Gasteiger partial charge in [0.1, 0.15) is 0 Å². The molecule has 0 unspecified atom stereocenters. The fourth-order valence-electron chi connectivity index (χ4n) is 7.29. The molecule has 0 saturated carbocycles. The fourth-order valence-corrected chi connectivity index (χ4v) is 8.36. The van der Waals surface area contributed by atoms with E-state index in [0.29, 0.717) is 0 Å². The second-order valence-corrected chi connectivity index (χ2v) is 12.9. The number of thiol groups is 1. The number of hydrogen-bond donors (Lipinski definition) is 1. The molecule has 49 heavy (non-hydrogen) atoms.